The summed E-state index contributed by atoms with van der Waals surface area (Å²) in [6.07, 6.45) is 23.5. The van der Waals surface area contributed by atoms with Crippen LogP contribution in [0.2, 0.25) is 0 Å². The van der Waals surface area contributed by atoms with Gasteiger partial charge < -0.3 is 19.7 Å². The van der Waals surface area contributed by atoms with Crippen LogP contribution in [0, 0.1) is 67.0 Å². The average Bonchev–Trinajstić information content (AvgIpc) is 1.64. The van der Waals surface area contributed by atoms with Gasteiger partial charge >= 0.3 is 0 Å². The number of aliphatic hydroxyl groups is 2. The molecule has 114 heavy (non-hydrogen) atoms. The second kappa shape index (κ2) is 38.4. The van der Waals surface area contributed by atoms with Gasteiger partial charge in [0.05, 0.1) is 27.4 Å². The first kappa shape index (κ1) is 81.3. The van der Waals surface area contributed by atoms with Crippen LogP contribution in [-0.4, -0.2) is 24.4 Å². The first-order valence-electron chi connectivity index (χ1n) is 41.2. The van der Waals surface area contributed by atoms with Crippen LogP contribution in [0.4, 0.5) is 8.78 Å². The Balaban J connectivity index is 0.000000133. The number of ether oxygens (including phenoxy) is 2. The van der Waals surface area contributed by atoms with Gasteiger partial charge in [0.25, 0.3) is 0 Å². The monoisotopic (exact) mass is 1510 g/mol. The summed E-state index contributed by atoms with van der Waals surface area (Å²) in [6.45, 7) is 17.2. The number of hydrogen-bond acceptors (Lipinski definition) is 4. The SMILES string of the molecule is COc1cc(CO)cc(CC2=CCc3c(F)ccc(CCc4ccc(C)cc4)c32)c1.COc1cc(CO)cc(CC2CCc3c(F)ccc(CCc4ccc(C)cc4)c32)c1.Cc1ccc(CCc2cccc3c2/C(=C/c2cc(C)cc(C)c2)CC3)cc1.Cc1ccc(CCc2cccc3c2C(Cc2cc(C)cc(C)c2)=CC3)cc1. The van der Waals surface area contributed by atoms with Gasteiger partial charge in [-0.15, -0.1) is 0 Å². The lowest BCUT2D eigenvalue weighted by Crippen LogP contribution is -2.06. The Morgan fingerprint density at radius 2 is 0.772 bits per heavy atom. The average molecular weight is 1510 g/mol. The molecular weight excluding hydrogens is 1400 g/mol. The van der Waals surface area contributed by atoms with Crippen LogP contribution < -0.4 is 9.47 Å². The third-order valence-electron chi connectivity index (χ3n) is 23.3. The molecule has 2 N–H and O–H groups in total. The Morgan fingerprint density at radius 1 is 0.351 bits per heavy atom. The fourth-order valence-electron chi connectivity index (χ4n) is 17.7. The molecule has 0 radical (unpaired) electrons. The standard InChI is InChI=1S/C27H29FO2.C27H27FO2.2C27H28/c2*1-18-3-5-19(6-4-18)7-8-22-10-12-26(28)25-11-9-23(27(22)25)14-20-13-21(17-29)16-24(15-20)30-2;2*1-19-7-9-22(10-8-19)11-12-24-5-4-6-25-13-14-26(27(24)25)18-23-16-20(2)15-21(3)17-23/h3-6,10,12-13,15-16,23,29H,7-9,11,14,17H2,1-2H3;3-6,9-10,12-13,15-16,29H,7-8,11,14,17H2,1-2H3;4-10,15-18H,11-14H2,1-3H3;4-10,14-17H,11-13,18H2,1-3H3/b;;26-18+;. The van der Waals surface area contributed by atoms with Crippen molar-refractivity contribution >= 4 is 22.8 Å². The molecule has 4 nitrogen and oxygen atoms in total. The van der Waals surface area contributed by atoms with E-state index in [9.17, 15) is 19.0 Å². The normalized spacial score (nSPS) is 13.8. The predicted molar refractivity (Wildman–Crippen MR) is 471 cm³/mol. The third-order valence-corrected chi connectivity index (χ3v) is 23.3. The van der Waals surface area contributed by atoms with Crippen molar-refractivity contribution in [2.75, 3.05) is 14.2 Å². The van der Waals surface area contributed by atoms with Gasteiger partial charge in [0, 0.05) is 0 Å². The minimum absolute atomic E-state index is 0.0120. The summed E-state index contributed by atoms with van der Waals surface area (Å²) in [6, 6.07) is 81.6. The van der Waals surface area contributed by atoms with Crippen LogP contribution in [-0.2, 0) is 110 Å². The minimum Gasteiger partial charge on any atom is -0.497 e. The first-order valence-corrected chi connectivity index (χ1v) is 41.2. The maximum absolute atomic E-state index is 14.6. The molecule has 1 unspecified atom stereocenters. The van der Waals surface area contributed by atoms with E-state index in [2.05, 4.69) is 243 Å². The topological polar surface area (TPSA) is 58.9 Å². The zero-order chi connectivity index (χ0) is 79.8. The number of aliphatic hydroxyl groups excluding tert-OH is 2. The van der Waals surface area contributed by atoms with Crippen molar-refractivity contribution in [1.29, 1.82) is 0 Å². The molecule has 16 rings (SSSR count). The van der Waals surface area contributed by atoms with E-state index >= 15 is 0 Å². The van der Waals surface area contributed by atoms with Gasteiger partial charge in [0.2, 0.25) is 0 Å². The predicted octanol–water partition coefficient (Wildman–Crippen LogP) is 24.8. The van der Waals surface area contributed by atoms with Gasteiger partial charge in [-0.2, -0.15) is 0 Å². The van der Waals surface area contributed by atoms with Gasteiger partial charge in [-0.1, -0.05) is 257 Å². The van der Waals surface area contributed by atoms with E-state index in [4.69, 9.17) is 9.47 Å². The second-order valence-electron chi connectivity index (χ2n) is 32.4. The molecule has 0 spiro atoms. The molecule has 0 saturated heterocycles. The number of benzene rings is 12. The van der Waals surface area contributed by atoms with Crippen LogP contribution in [0.5, 0.6) is 11.5 Å². The van der Waals surface area contributed by atoms with Crippen LogP contribution in [0.1, 0.15) is 186 Å². The Hall–Kier alpha value is -10.8. The highest BCUT2D eigenvalue weighted by Gasteiger charge is 2.29. The molecule has 0 amide bonds. The highest BCUT2D eigenvalue weighted by molar-refractivity contribution is 5.87. The molecule has 12 aromatic rings. The number of allylic oxidation sites excluding steroid dienone is 5. The van der Waals surface area contributed by atoms with Crippen molar-refractivity contribution in [1.82, 2.24) is 0 Å². The Labute approximate surface area is 677 Å². The number of halogens is 2. The molecule has 0 aromatic heterocycles. The van der Waals surface area contributed by atoms with Gasteiger partial charge in [-0.05, 0) is 346 Å². The molecule has 1 atom stereocenters. The highest BCUT2D eigenvalue weighted by atomic mass is 19.1. The van der Waals surface area contributed by atoms with Gasteiger partial charge in [0.15, 0.2) is 0 Å². The van der Waals surface area contributed by atoms with E-state index in [0.29, 0.717) is 18.8 Å². The number of hydrogen-bond donors (Lipinski definition) is 2. The van der Waals surface area contributed by atoms with Gasteiger partial charge in [-0.3, -0.25) is 0 Å². The summed E-state index contributed by atoms with van der Waals surface area (Å²) in [5.74, 6) is 1.58. The highest BCUT2D eigenvalue weighted by Crippen LogP contribution is 2.43. The molecule has 4 aliphatic rings. The van der Waals surface area contributed by atoms with Gasteiger partial charge in [-0.25, -0.2) is 8.78 Å². The largest absolute Gasteiger partial charge is 0.497 e. The number of aryl methyl sites for hydroxylation is 17. The Kier molecular flexibility index (Phi) is 27.4. The maximum Gasteiger partial charge on any atom is 0.127 e. The molecule has 0 fully saturated rings. The molecular formula is C108H112F2O4. The Morgan fingerprint density at radius 3 is 1.29 bits per heavy atom. The number of fused-ring (bicyclic) bond motifs is 4. The van der Waals surface area contributed by atoms with Crippen LogP contribution >= 0.6 is 0 Å². The maximum atomic E-state index is 14.6. The second-order valence-corrected chi connectivity index (χ2v) is 32.4. The van der Waals surface area contributed by atoms with Crippen LogP contribution in [0.15, 0.2) is 243 Å². The van der Waals surface area contributed by atoms with Crippen molar-refractivity contribution in [2.45, 2.75) is 184 Å². The fourth-order valence-corrected chi connectivity index (χ4v) is 17.7. The van der Waals surface area contributed by atoms with Crippen LogP contribution in [0.3, 0.4) is 0 Å². The summed E-state index contributed by atoms with van der Waals surface area (Å²) in [7, 11) is 3.27. The van der Waals surface area contributed by atoms with Crippen molar-refractivity contribution in [2.24, 2.45) is 0 Å². The lowest BCUT2D eigenvalue weighted by atomic mass is 9.87. The number of methoxy groups -OCH3 is 2. The van der Waals surface area contributed by atoms with E-state index < -0.39 is 0 Å². The van der Waals surface area contributed by atoms with E-state index in [1.54, 1.807) is 26.4 Å². The summed E-state index contributed by atoms with van der Waals surface area (Å²) >= 11 is 0. The Bertz CT molecular complexity index is 5340. The molecule has 0 saturated carbocycles. The molecule has 4 aliphatic carbocycles. The van der Waals surface area contributed by atoms with E-state index in [1.807, 2.05) is 48.5 Å². The van der Waals surface area contributed by atoms with Crippen molar-refractivity contribution in [3.63, 3.8) is 0 Å². The van der Waals surface area contributed by atoms with Crippen molar-refractivity contribution in [3.8, 4) is 11.5 Å². The first-order chi connectivity index (χ1) is 55.3. The zero-order valence-electron chi connectivity index (χ0n) is 68.7. The lowest BCUT2D eigenvalue weighted by molar-refractivity contribution is 0.280. The lowest BCUT2D eigenvalue weighted by Gasteiger charge is -2.18. The quantitative estimate of drug-likeness (QED) is 0.0670. The summed E-state index contributed by atoms with van der Waals surface area (Å²) in [5.41, 5.74) is 42.3. The molecule has 582 valence electrons. The van der Waals surface area contributed by atoms with Crippen molar-refractivity contribution in [3.05, 3.63) is 421 Å². The molecule has 0 bridgehead atoms. The smallest absolute Gasteiger partial charge is 0.127 e. The summed E-state index contributed by atoms with van der Waals surface area (Å²) in [5, 5.41) is 19.1. The fraction of sp³-hybridized carbons (Fsp3) is 0.278. The van der Waals surface area contributed by atoms with Crippen LogP contribution in [0.25, 0.3) is 22.8 Å². The molecule has 0 heterocycles. The molecule has 12 aromatic carbocycles. The van der Waals surface area contributed by atoms with Gasteiger partial charge in [0.1, 0.15) is 23.1 Å². The van der Waals surface area contributed by atoms with E-state index in [-0.39, 0.29) is 24.8 Å². The van der Waals surface area contributed by atoms with Crippen molar-refractivity contribution < 1.29 is 28.5 Å². The zero-order valence-corrected chi connectivity index (χ0v) is 68.7. The summed E-state index contributed by atoms with van der Waals surface area (Å²) in [4.78, 5) is 0. The molecule has 6 heteroatoms. The molecule has 0 aliphatic heterocycles. The number of rotatable bonds is 23. The minimum atomic E-state index is -0.128. The van der Waals surface area contributed by atoms with E-state index in [0.717, 1.165) is 146 Å². The van der Waals surface area contributed by atoms with E-state index in [1.165, 1.54) is 146 Å². The third kappa shape index (κ3) is 21.2. The summed E-state index contributed by atoms with van der Waals surface area (Å²) < 4.78 is 39.9.